The van der Waals surface area contributed by atoms with Gasteiger partial charge in [0, 0.05) is 0 Å². The van der Waals surface area contributed by atoms with Gasteiger partial charge in [-0.15, -0.1) is 0 Å². The highest BCUT2D eigenvalue weighted by Crippen LogP contribution is 2.38. The second kappa shape index (κ2) is 5.08. The summed E-state index contributed by atoms with van der Waals surface area (Å²) in [5.41, 5.74) is 0. The van der Waals surface area contributed by atoms with Crippen molar-refractivity contribution in [1.29, 1.82) is 0 Å². The molecule has 112 valence electrons. The number of nitrogens with zero attached hydrogens (tertiary/aromatic N) is 1. The number of β-lactam (4-membered cyclic amide) rings is 1. The summed E-state index contributed by atoms with van der Waals surface area (Å²) in [5.74, 6) is -8.42. The molecule has 2 fully saturated rings. The van der Waals surface area contributed by atoms with Crippen molar-refractivity contribution < 1.29 is 33.0 Å². The lowest BCUT2D eigenvalue weighted by Crippen LogP contribution is -2.65. The number of aliphatic hydroxyl groups is 1. The van der Waals surface area contributed by atoms with E-state index in [0.29, 0.717) is 4.90 Å². The number of carbonyl (C=O) groups is 3. The Kier molecular flexibility index (Phi) is 3.77. The first-order valence-corrected chi connectivity index (χ1v) is 6.36. The first kappa shape index (κ1) is 14.8. The zero-order chi connectivity index (χ0) is 15.1. The summed E-state index contributed by atoms with van der Waals surface area (Å²) in [7, 11) is 0. The molecule has 6 nitrogen and oxygen atoms in total. The smallest absolute Gasteiger partial charge is 0.342 e. The maximum absolute atomic E-state index is 12.8. The number of ether oxygens (including phenoxy) is 1. The molecule has 0 aromatic heterocycles. The number of halogens is 2. The predicted octanol–water partition coefficient (Wildman–Crippen LogP) is -0.0593. The molecule has 1 heterocycles. The Bertz CT molecular complexity index is 453. The fraction of sp³-hybridized carbons (Fsp3) is 0.750. The van der Waals surface area contributed by atoms with Crippen LogP contribution in [-0.2, 0) is 19.1 Å². The summed E-state index contributed by atoms with van der Waals surface area (Å²) in [6.07, 6.45) is -0.874. The number of amides is 2. The fourth-order valence-electron chi connectivity index (χ4n) is 2.62. The molecule has 1 N–H and O–H groups in total. The Morgan fingerprint density at radius 2 is 2.00 bits per heavy atom. The molecule has 2 rings (SSSR count). The van der Waals surface area contributed by atoms with E-state index in [1.165, 1.54) is 0 Å². The molecule has 2 aliphatic rings. The number of alkyl halides is 2. The van der Waals surface area contributed by atoms with Gasteiger partial charge in [0.1, 0.15) is 6.54 Å². The van der Waals surface area contributed by atoms with Gasteiger partial charge < -0.3 is 9.84 Å². The van der Waals surface area contributed by atoms with Gasteiger partial charge in [-0.1, -0.05) is 0 Å². The highest BCUT2D eigenvalue weighted by molar-refractivity contribution is 6.05. The van der Waals surface area contributed by atoms with Crippen LogP contribution >= 0.6 is 0 Å². The third-order valence-electron chi connectivity index (χ3n) is 3.63. The van der Waals surface area contributed by atoms with Crippen LogP contribution in [0.1, 0.15) is 19.8 Å². The van der Waals surface area contributed by atoms with Crippen LogP contribution in [0.2, 0.25) is 0 Å². The topological polar surface area (TPSA) is 83.9 Å². The Balaban J connectivity index is 2.08. The normalized spacial score (nSPS) is 31.9. The molecule has 1 aliphatic heterocycles. The van der Waals surface area contributed by atoms with Gasteiger partial charge in [0.05, 0.1) is 24.5 Å². The summed E-state index contributed by atoms with van der Waals surface area (Å²) < 4.78 is 30.4. The van der Waals surface area contributed by atoms with E-state index in [0.717, 1.165) is 0 Å². The summed E-state index contributed by atoms with van der Waals surface area (Å²) >= 11 is 0. The zero-order valence-electron chi connectivity index (χ0n) is 10.8. The van der Waals surface area contributed by atoms with E-state index < -0.39 is 48.2 Å². The molecule has 0 aromatic carbocycles. The number of hydrogen-bond donors (Lipinski definition) is 1. The van der Waals surface area contributed by atoms with Gasteiger partial charge >= 0.3 is 17.8 Å². The van der Waals surface area contributed by atoms with Gasteiger partial charge in [0.15, 0.2) is 0 Å². The van der Waals surface area contributed by atoms with Crippen molar-refractivity contribution in [2.24, 2.45) is 11.8 Å². The second-order valence-electron chi connectivity index (χ2n) is 5.02. The molecule has 0 spiro atoms. The van der Waals surface area contributed by atoms with Gasteiger partial charge in [-0.2, -0.15) is 8.78 Å². The van der Waals surface area contributed by atoms with Crippen LogP contribution in [0.3, 0.4) is 0 Å². The number of aliphatic hydroxyl groups excluding tert-OH is 1. The highest BCUT2D eigenvalue weighted by Gasteiger charge is 2.59. The number of likely N-dealkylation sites (tertiary alicyclic amines) is 1. The molecule has 1 aliphatic carbocycles. The lowest BCUT2D eigenvalue weighted by molar-refractivity contribution is -0.191. The molecule has 3 atom stereocenters. The number of hydrogen-bond acceptors (Lipinski definition) is 5. The van der Waals surface area contributed by atoms with Crippen LogP contribution in [-0.4, -0.2) is 53.0 Å². The standard InChI is InChI=1S/C12H15F2NO5/c1-2-20-10(18)8-4-6(16)3-7(8)9(17)15-5-12(13,14)11(15)19/h6-8,16H,2-5H2,1H3/t6-,7-,8-/m1/s1. The van der Waals surface area contributed by atoms with E-state index in [-0.39, 0.29) is 19.4 Å². The van der Waals surface area contributed by atoms with Gasteiger partial charge in [-0.25, -0.2) is 0 Å². The average molecular weight is 291 g/mol. The van der Waals surface area contributed by atoms with E-state index >= 15 is 0 Å². The lowest BCUT2D eigenvalue weighted by Gasteiger charge is -2.37. The molecule has 2 amide bonds. The van der Waals surface area contributed by atoms with Crippen LogP contribution in [0.4, 0.5) is 8.78 Å². The van der Waals surface area contributed by atoms with Crippen LogP contribution in [0, 0.1) is 11.8 Å². The number of carbonyl (C=O) groups excluding carboxylic acids is 3. The number of rotatable bonds is 3. The predicted molar refractivity (Wildman–Crippen MR) is 60.5 cm³/mol. The second-order valence-corrected chi connectivity index (χ2v) is 5.02. The van der Waals surface area contributed by atoms with E-state index in [2.05, 4.69) is 0 Å². The summed E-state index contributed by atoms with van der Waals surface area (Å²) in [5, 5.41) is 9.57. The summed E-state index contributed by atoms with van der Waals surface area (Å²) in [6, 6.07) is 0. The average Bonchev–Trinajstić information content (AvgIpc) is 2.77. The minimum Gasteiger partial charge on any atom is -0.466 e. The van der Waals surface area contributed by atoms with Gasteiger partial charge in [0.25, 0.3) is 0 Å². The molecule has 0 aromatic rings. The molecule has 0 radical (unpaired) electrons. The van der Waals surface area contributed by atoms with E-state index in [1.807, 2.05) is 0 Å². The monoisotopic (exact) mass is 291 g/mol. The van der Waals surface area contributed by atoms with Crippen molar-refractivity contribution in [2.75, 3.05) is 13.2 Å². The molecular formula is C12H15F2NO5. The Labute approximate surface area is 113 Å². The van der Waals surface area contributed by atoms with E-state index in [1.54, 1.807) is 6.92 Å². The molecule has 0 unspecified atom stereocenters. The molecule has 20 heavy (non-hydrogen) atoms. The maximum atomic E-state index is 12.8. The first-order chi connectivity index (χ1) is 9.27. The molecule has 0 bridgehead atoms. The molecular weight excluding hydrogens is 276 g/mol. The summed E-state index contributed by atoms with van der Waals surface area (Å²) in [6.45, 7) is 0.749. The molecule has 8 heteroatoms. The van der Waals surface area contributed by atoms with Crippen LogP contribution in [0.5, 0.6) is 0 Å². The van der Waals surface area contributed by atoms with Gasteiger partial charge in [-0.3, -0.25) is 19.3 Å². The van der Waals surface area contributed by atoms with E-state index in [9.17, 15) is 28.3 Å². The Morgan fingerprint density at radius 3 is 2.50 bits per heavy atom. The van der Waals surface area contributed by atoms with Crippen molar-refractivity contribution >= 4 is 17.8 Å². The minimum atomic E-state index is -3.51. The van der Waals surface area contributed by atoms with E-state index in [4.69, 9.17) is 4.74 Å². The molecule has 1 saturated heterocycles. The fourth-order valence-corrected chi connectivity index (χ4v) is 2.62. The minimum absolute atomic E-state index is 0.0301. The van der Waals surface area contributed by atoms with Crippen LogP contribution in [0.25, 0.3) is 0 Å². The van der Waals surface area contributed by atoms with Gasteiger partial charge in [-0.05, 0) is 19.8 Å². The van der Waals surface area contributed by atoms with Crippen molar-refractivity contribution in [1.82, 2.24) is 4.90 Å². The first-order valence-electron chi connectivity index (χ1n) is 6.36. The number of imide groups is 1. The van der Waals surface area contributed by atoms with Crippen LogP contribution < -0.4 is 0 Å². The molecule has 1 saturated carbocycles. The van der Waals surface area contributed by atoms with Gasteiger partial charge in [0.2, 0.25) is 5.91 Å². The van der Waals surface area contributed by atoms with Crippen molar-refractivity contribution in [2.45, 2.75) is 31.8 Å². The Hall–Kier alpha value is -1.57. The lowest BCUT2D eigenvalue weighted by atomic mass is 9.93. The maximum Gasteiger partial charge on any atom is 0.342 e. The Morgan fingerprint density at radius 1 is 1.40 bits per heavy atom. The third-order valence-corrected chi connectivity index (χ3v) is 3.63. The SMILES string of the molecule is CCOC(=O)[C@@H]1C[C@H](O)C[C@H]1C(=O)N1CC(F)(F)C1=O. The highest BCUT2D eigenvalue weighted by atomic mass is 19.3. The third kappa shape index (κ3) is 2.39. The zero-order valence-corrected chi connectivity index (χ0v) is 10.8. The quantitative estimate of drug-likeness (QED) is 0.447. The van der Waals surface area contributed by atoms with Crippen molar-refractivity contribution in [3.63, 3.8) is 0 Å². The van der Waals surface area contributed by atoms with Crippen molar-refractivity contribution in [3.05, 3.63) is 0 Å². The summed E-state index contributed by atoms with van der Waals surface area (Å²) in [4.78, 5) is 35.3. The number of esters is 1. The van der Waals surface area contributed by atoms with Crippen LogP contribution in [0.15, 0.2) is 0 Å². The van der Waals surface area contributed by atoms with Crippen molar-refractivity contribution in [3.8, 4) is 0 Å². The largest absolute Gasteiger partial charge is 0.466 e.